The number of ether oxygens (including phenoxy) is 2. The van der Waals surface area contributed by atoms with Crippen LogP contribution in [0.5, 0.6) is 0 Å². The van der Waals surface area contributed by atoms with Gasteiger partial charge in [-0.2, -0.15) is 8.75 Å². The van der Waals surface area contributed by atoms with Gasteiger partial charge >= 0.3 is 11.9 Å². The van der Waals surface area contributed by atoms with E-state index in [2.05, 4.69) is 39.8 Å². The number of rotatable bonds is 40. The van der Waals surface area contributed by atoms with E-state index in [1.54, 1.807) is 22.7 Å². The lowest BCUT2D eigenvalue weighted by Gasteiger charge is -2.17. The second-order valence-corrected chi connectivity index (χ2v) is 21.4. The van der Waals surface area contributed by atoms with Crippen LogP contribution < -0.4 is 0 Å². The lowest BCUT2D eigenvalue weighted by atomic mass is 9.94. The summed E-state index contributed by atoms with van der Waals surface area (Å²) in [5, 5.41) is 3.84. The van der Waals surface area contributed by atoms with Crippen LogP contribution in [0.25, 0.3) is 31.9 Å². The number of fused-ring (bicyclic) bond motifs is 1. The maximum Gasteiger partial charge on any atom is 0.339 e. The number of carbonyl (C=O) groups excluding carboxylic acids is 2. The van der Waals surface area contributed by atoms with E-state index < -0.39 is 0 Å². The molecule has 0 spiro atoms. The molecule has 6 nitrogen and oxygen atoms in total. The van der Waals surface area contributed by atoms with E-state index in [1.165, 1.54) is 192 Å². The molecule has 65 heavy (non-hydrogen) atoms. The van der Waals surface area contributed by atoms with Crippen molar-refractivity contribution in [2.24, 2.45) is 11.8 Å². The van der Waals surface area contributed by atoms with E-state index in [0.717, 1.165) is 57.6 Å². The summed E-state index contributed by atoms with van der Waals surface area (Å²) in [4.78, 5) is 28.9. The maximum atomic E-state index is 13.5. The molecule has 4 rings (SSSR count). The van der Waals surface area contributed by atoms with Crippen LogP contribution in [-0.4, -0.2) is 33.9 Å². The molecule has 2 unspecified atom stereocenters. The SMILES string of the molecule is CCCCCCCCCCC(CCCCCCCC)COC(=O)c1csc(-c2ccc(-c3cc(C(=O)OCC(CCCCCCCC)CCCCCCCCCC)cs3)c3nsnc23)c1. The van der Waals surface area contributed by atoms with E-state index >= 15 is 0 Å². The number of aromatic nitrogens is 2. The monoisotopic (exact) mass is 949 g/mol. The molecule has 0 saturated carbocycles. The minimum Gasteiger partial charge on any atom is -0.462 e. The van der Waals surface area contributed by atoms with Gasteiger partial charge in [0.1, 0.15) is 11.0 Å². The topological polar surface area (TPSA) is 78.4 Å². The van der Waals surface area contributed by atoms with Crippen molar-refractivity contribution in [1.82, 2.24) is 8.75 Å². The minimum atomic E-state index is -0.236. The van der Waals surface area contributed by atoms with E-state index in [-0.39, 0.29) is 11.9 Å². The summed E-state index contributed by atoms with van der Waals surface area (Å²) < 4.78 is 21.5. The molecule has 2 atom stereocenters. The normalized spacial score (nSPS) is 12.6. The fourth-order valence-corrected chi connectivity index (χ4v) is 11.6. The maximum absolute atomic E-state index is 13.5. The van der Waals surface area contributed by atoms with Crippen molar-refractivity contribution in [3.05, 3.63) is 46.2 Å². The van der Waals surface area contributed by atoms with Gasteiger partial charge in [0, 0.05) is 31.6 Å². The molecule has 0 saturated heterocycles. The molecule has 0 radical (unpaired) electrons. The van der Waals surface area contributed by atoms with Crippen LogP contribution in [0.2, 0.25) is 0 Å². The summed E-state index contributed by atoms with van der Waals surface area (Å²) in [6.45, 7) is 10.1. The Morgan fingerprint density at radius 1 is 0.446 bits per heavy atom. The third-order valence-electron chi connectivity index (χ3n) is 13.4. The molecule has 1 aromatic carbocycles. The van der Waals surface area contributed by atoms with Crippen molar-refractivity contribution in [3.63, 3.8) is 0 Å². The van der Waals surface area contributed by atoms with Crippen molar-refractivity contribution in [2.75, 3.05) is 13.2 Å². The molecule has 0 bridgehead atoms. The van der Waals surface area contributed by atoms with Crippen LogP contribution >= 0.6 is 34.4 Å². The first-order valence-electron chi connectivity index (χ1n) is 26.8. The third-order valence-corrected chi connectivity index (χ3v) is 15.8. The highest BCUT2D eigenvalue weighted by atomic mass is 32.1. The van der Waals surface area contributed by atoms with E-state index in [9.17, 15) is 9.59 Å². The Kier molecular flexibility index (Phi) is 29.3. The highest BCUT2D eigenvalue weighted by Gasteiger charge is 2.21. The average molecular weight is 950 g/mol. The lowest BCUT2D eigenvalue weighted by molar-refractivity contribution is 0.0414. The van der Waals surface area contributed by atoms with Gasteiger partial charge in [0.05, 0.1) is 36.1 Å². The zero-order chi connectivity index (χ0) is 46.2. The van der Waals surface area contributed by atoms with Crippen molar-refractivity contribution < 1.29 is 19.1 Å². The predicted molar refractivity (Wildman–Crippen MR) is 282 cm³/mol. The summed E-state index contributed by atoms with van der Waals surface area (Å²) in [6, 6.07) is 8.07. The number of esters is 2. The highest BCUT2D eigenvalue weighted by molar-refractivity contribution is 7.14. The van der Waals surface area contributed by atoms with Gasteiger partial charge in [-0.15, -0.1) is 22.7 Å². The zero-order valence-corrected chi connectivity index (χ0v) is 43.9. The van der Waals surface area contributed by atoms with Gasteiger partial charge < -0.3 is 9.47 Å². The van der Waals surface area contributed by atoms with Gasteiger partial charge in [0.25, 0.3) is 0 Å². The number of hydrogen-bond donors (Lipinski definition) is 0. The van der Waals surface area contributed by atoms with Crippen LogP contribution in [0.3, 0.4) is 0 Å². The minimum absolute atomic E-state index is 0.236. The van der Waals surface area contributed by atoms with Crippen LogP contribution in [0, 0.1) is 11.8 Å². The molecular weight excluding hydrogens is 861 g/mol. The quantitative estimate of drug-likeness (QED) is 0.0326. The van der Waals surface area contributed by atoms with E-state index in [1.807, 2.05) is 22.9 Å². The fraction of sp³-hybridized carbons (Fsp3) is 0.714. The van der Waals surface area contributed by atoms with Crippen molar-refractivity contribution >= 4 is 57.4 Å². The van der Waals surface area contributed by atoms with Crippen molar-refractivity contribution in [1.29, 1.82) is 0 Å². The van der Waals surface area contributed by atoms with Crippen LogP contribution in [0.1, 0.15) is 254 Å². The van der Waals surface area contributed by atoms with Crippen molar-refractivity contribution in [3.8, 4) is 20.9 Å². The molecule has 0 aliphatic carbocycles. The van der Waals surface area contributed by atoms with Gasteiger partial charge in [-0.05, 0) is 49.7 Å². The Morgan fingerprint density at radius 2 is 0.738 bits per heavy atom. The smallest absolute Gasteiger partial charge is 0.339 e. The van der Waals surface area contributed by atoms with Gasteiger partial charge in [0.2, 0.25) is 0 Å². The van der Waals surface area contributed by atoms with E-state index in [0.29, 0.717) is 36.2 Å². The molecule has 9 heteroatoms. The summed E-state index contributed by atoms with van der Waals surface area (Å²) in [5.41, 5.74) is 4.75. The summed E-state index contributed by atoms with van der Waals surface area (Å²) in [7, 11) is 0. The molecule has 3 aromatic heterocycles. The van der Waals surface area contributed by atoms with Gasteiger partial charge in [-0.25, -0.2) is 9.59 Å². The Balaban J connectivity index is 1.32. The largest absolute Gasteiger partial charge is 0.462 e. The number of carbonyl (C=O) groups is 2. The summed E-state index contributed by atoms with van der Waals surface area (Å²) in [5.74, 6) is 0.376. The highest BCUT2D eigenvalue weighted by Crippen LogP contribution is 2.39. The van der Waals surface area contributed by atoms with Gasteiger partial charge in [0.15, 0.2) is 0 Å². The summed E-state index contributed by atoms with van der Waals surface area (Å²) >= 11 is 4.29. The lowest BCUT2D eigenvalue weighted by Crippen LogP contribution is -2.14. The van der Waals surface area contributed by atoms with Crippen LogP contribution in [0.4, 0.5) is 0 Å². The number of thiophene rings is 2. The molecule has 0 aliphatic rings. The average Bonchev–Trinajstić information content (AvgIpc) is 4.13. The number of benzene rings is 1. The van der Waals surface area contributed by atoms with E-state index in [4.69, 9.17) is 18.2 Å². The standard InChI is InChI=1S/C56H88N2O4S3/c1-5-9-13-17-21-23-27-31-35-45(33-29-25-19-15-11-7-3)41-61-55(59)47-39-51(63-43-47)49-37-38-50(54-53(49)57-65-58-54)52-40-48(44-64-52)56(60)62-42-46(34-30-26-20-16-12-8-4)36-32-28-24-22-18-14-10-6-2/h37-40,43-46H,5-36,41-42H2,1-4H3. The second-order valence-electron chi connectivity index (χ2n) is 19.1. The van der Waals surface area contributed by atoms with Crippen LogP contribution in [0.15, 0.2) is 35.0 Å². The number of nitrogens with zero attached hydrogens (tertiary/aromatic N) is 2. The Labute approximate surface area is 408 Å². The molecule has 0 N–H and O–H groups in total. The molecule has 0 fully saturated rings. The predicted octanol–water partition coefficient (Wildman–Crippen LogP) is 19.3. The van der Waals surface area contributed by atoms with Gasteiger partial charge in [-0.3, -0.25) is 0 Å². The van der Waals surface area contributed by atoms with Gasteiger partial charge in [-0.1, -0.05) is 220 Å². The number of hydrogen-bond acceptors (Lipinski definition) is 9. The molecule has 364 valence electrons. The molecule has 0 aliphatic heterocycles. The summed E-state index contributed by atoms with van der Waals surface area (Å²) in [6.07, 6.45) is 41.0. The van der Waals surface area contributed by atoms with Crippen molar-refractivity contribution in [2.45, 2.75) is 233 Å². The van der Waals surface area contributed by atoms with Crippen LogP contribution in [-0.2, 0) is 9.47 Å². The number of unbranched alkanes of at least 4 members (excludes halogenated alkanes) is 24. The molecule has 3 heterocycles. The molecule has 4 aromatic rings. The fourth-order valence-electron chi connectivity index (χ4n) is 9.17. The second kappa shape index (κ2) is 34.6. The molecule has 0 amide bonds. The first-order valence-corrected chi connectivity index (χ1v) is 29.2. The molecular formula is C56H88N2O4S3. The Bertz CT molecular complexity index is 1700. The first kappa shape index (κ1) is 55.0. The zero-order valence-electron chi connectivity index (χ0n) is 41.4. The Morgan fingerprint density at radius 3 is 1.05 bits per heavy atom. The first-order chi connectivity index (χ1) is 32.0. The third kappa shape index (κ3) is 21.5. The Hall–Kier alpha value is -2.62.